The fourth-order valence-corrected chi connectivity index (χ4v) is 4.40. The molecule has 1 N–H and O–H groups in total. The molecule has 0 aliphatic carbocycles. The summed E-state index contributed by atoms with van der Waals surface area (Å²) in [6, 6.07) is 15.2. The summed E-state index contributed by atoms with van der Waals surface area (Å²) in [5.74, 6) is 1.25. The molecule has 0 unspecified atom stereocenters. The highest BCUT2D eigenvalue weighted by Crippen LogP contribution is 2.28. The van der Waals surface area contributed by atoms with Crippen molar-refractivity contribution < 1.29 is 9.53 Å². The Kier molecular flexibility index (Phi) is 8.03. The second-order valence-corrected chi connectivity index (χ2v) is 8.57. The highest BCUT2D eigenvalue weighted by atomic mass is 35.5. The molecule has 8 heteroatoms. The standard InChI is InChI=1S/C20H18Cl2N2O2S2/c21-14-8-9-18(17(22)11-14)26-10-4-7-19(25)24-20-23-15(13-28-20)12-27-16-5-2-1-3-6-16/h1-3,5-6,8-9,11,13H,4,7,10,12H2,(H,23,24,25). The van der Waals surface area contributed by atoms with E-state index in [1.165, 1.54) is 16.2 Å². The maximum absolute atomic E-state index is 12.1. The SMILES string of the molecule is O=C(CCCOc1ccc(Cl)cc1Cl)Nc1nc(CSc2ccccc2)cs1. The van der Waals surface area contributed by atoms with Crippen LogP contribution in [-0.2, 0) is 10.5 Å². The van der Waals surface area contributed by atoms with Crippen molar-refractivity contribution >= 4 is 57.3 Å². The van der Waals surface area contributed by atoms with Gasteiger partial charge in [-0.25, -0.2) is 4.98 Å². The number of thioether (sulfide) groups is 1. The van der Waals surface area contributed by atoms with E-state index in [1.54, 1.807) is 30.0 Å². The van der Waals surface area contributed by atoms with Crippen LogP contribution in [0.15, 0.2) is 58.8 Å². The minimum absolute atomic E-state index is 0.0811. The third kappa shape index (κ3) is 6.71. The first-order valence-electron chi connectivity index (χ1n) is 8.60. The zero-order valence-corrected chi connectivity index (χ0v) is 18.0. The van der Waals surface area contributed by atoms with Crippen molar-refractivity contribution in [3.63, 3.8) is 0 Å². The molecule has 0 saturated heterocycles. The summed E-state index contributed by atoms with van der Waals surface area (Å²) in [5.41, 5.74) is 0.954. The average Bonchev–Trinajstić information content (AvgIpc) is 3.13. The number of carbonyl (C=O) groups excluding carboxylic acids is 1. The van der Waals surface area contributed by atoms with E-state index in [0.717, 1.165) is 11.4 Å². The normalized spacial score (nSPS) is 10.6. The topological polar surface area (TPSA) is 51.2 Å². The summed E-state index contributed by atoms with van der Waals surface area (Å²) in [6.45, 7) is 0.394. The minimum atomic E-state index is -0.0811. The maximum Gasteiger partial charge on any atom is 0.226 e. The number of benzene rings is 2. The number of carbonyl (C=O) groups is 1. The second kappa shape index (κ2) is 10.7. The Labute approximate surface area is 182 Å². The summed E-state index contributed by atoms with van der Waals surface area (Å²) < 4.78 is 5.58. The van der Waals surface area contributed by atoms with Crippen molar-refractivity contribution in [1.82, 2.24) is 4.98 Å². The molecule has 2 aromatic carbocycles. The molecule has 0 spiro atoms. The molecule has 146 valence electrons. The number of nitrogens with one attached hydrogen (secondary N) is 1. The van der Waals surface area contributed by atoms with E-state index in [0.29, 0.717) is 40.4 Å². The number of halogens is 2. The van der Waals surface area contributed by atoms with Gasteiger partial charge in [0, 0.05) is 27.5 Å². The van der Waals surface area contributed by atoms with Crippen molar-refractivity contribution in [1.29, 1.82) is 0 Å². The third-order valence-corrected chi connectivity index (χ3v) is 6.01. The van der Waals surface area contributed by atoms with Gasteiger partial charge in [0.2, 0.25) is 5.91 Å². The fraction of sp³-hybridized carbons (Fsp3) is 0.200. The van der Waals surface area contributed by atoms with Gasteiger partial charge >= 0.3 is 0 Å². The van der Waals surface area contributed by atoms with E-state index in [1.807, 2.05) is 23.6 Å². The van der Waals surface area contributed by atoms with Crippen LogP contribution in [0.2, 0.25) is 10.0 Å². The largest absolute Gasteiger partial charge is 0.492 e. The molecular formula is C20H18Cl2N2O2S2. The molecule has 1 aromatic heterocycles. The smallest absolute Gasteiger partial charge is 0.226 e. The van der Waals surface area contributed by atoms with Gasteiger partial charge in [-0.05, 0) is 36.8 Å². The van der Waals surface area contributed by atoms with Crippen molar-refractivity contribution in [3.8, 4) is 5.75 Å². The first-order chi connectivity index (χ1) is 13.6. The van der Waals surface area contributed by atoms with Crippen LogP contribution < -0.4 is 10.1 Å². The lowest BCUT2D eigenvalue weighted by atomic mass is 10.3. The number of hydrogen-bond donors (Lipinski definition) is 1. The molecule has 0 saturated carbocycles. The van der Waals surface area contributed by atoms with Crippen molar-refractivity contribution in [2.75, 3.05) is 11.9 Å². The van der Waals surface area contributed by atoms with Gasteiger partial charge in [0.05, 0.1) is 17.3 Å². The molecule has 4 nitrogen and oxygen atoms in total. The molecule has 0 aliphatic rings. The zero-order valence-electron chi connectivity index (χ0n) is 14.9. The summed E-state index contributed by atoms with van der Waals surface area (Å²) in [5, 5.41) is 6.44. The van der Waals surface area contributed by atoms with Crippen molar-refractivity contribution in [2.24, 2.45) is 0 Å². The van der Waals surface area contributed by atoms with Crippen LogP contribution >= 0.6 is 46.3 Å². The van der Waals surface area contributed by atoms with Crippen LogP contribution in [0.4, 0.5) is 5.13 Å². The number of rotatable bonds is 9. The Hall–Kier alpha value is -1.73. The van der Waals surface area contributed by atoms with Crippen LogP contribution in [0, 0.1) is 0 Å². The zero-order chi connectivity index (χ0) is 19.8. The lowest BCUT2D eigenvalue weighted by Crippen LogP contribution is -2.12. The number of anilines is 1. The molecule has 1 heterocycles. The predicted molar refractivity (Wildman–Crippen MR) is 118 cm³/mol. The van der Waals surface area contributed by atoms with Crippen LogP contribution in [0.25, 0.3) is 0 Å². The Morgan fingerprint density at radius 3 is 2.79 bits per heavy atom. The molecule has 1 amide bonds. The average molecular weight is 453 g/mol. The van der Waals surface area contributed by atoms with Crippen molar-refractivity contribution in [2.45, 2.75) is 23.5 Å². The van der Waals surface area contributed by atoms with E-state index < -0.39 is 0 Å². The Bertz CT molecular complexity index is 920. The van der Waals surface area contributed by atoms with E-state index in [4.69, 9.17) is 27.9 Å². The van der Waals surface area contributed by atoms with Gasteiger partial charge in [-0.2, -0.15) is 0 Å². The molecule has 3 rings (SSSR count). The summed E-state index contributed by atoms with van der Waals surface area (Å²) in [4.78, 5) is 17.7. The third-order valence-electron chi connectivity index (χ3n) is 3.63. The minimum Gasteiger partial charge on any atom is -0.492 e. The van der Waals surface area contributed by atoms with Crippen LogP contribution in [0.5, 0.6) is 5.75 Å². The Morgan fingerprint density at radius 1 is 1.18 bits per heavy atom. The second-order valence-electron chi connectivity index (χ2n) is 5.82. The van der Waals surface area contributed by atoms with Crippen LogP contribution in [0.1, 0.15) is 18.5 Å². The maximum atomic E-state index is 12.1. The molecule has 28 heavy (non-hydrogen) atoms. The van der Waals surface area contributed by atoms with Crippen LogP contribution in [-0.4, -0.2) is 17.5 Å². The number of amides is 1. The Morgan fingerprint density at radius 2 is 2.00 bits per heavy atom. The quantitative estimate of drug-likeness (QED) is 0.295. The number of aromatic nitrogens is 1. The molecule has 0 fully saturated rings. The lowest BCUT2D eigenvalue weighted by molar-refractivity contribution is -0.116. The first kappa shape index (κ1) is 21.0. The summed E-state index contributed by atoms with van der Waals surface area (Å²) >= 11 is 15.1. The molecule has 0 atom stereocenters. The van der Waals surface area contributed by atoms with Crippen LogP contribution in [0.3, 0.4) is 0 Å². The summed E-state index contributed by atoms with van der Waals surface area (Å²) in [7, 11) is 0. The highest BCUT2D eigenvalue weighted by molar-refractivity contribution is 7.98. The van der Waals surface area contributed by atoms with Crippen molar-refractivity contribution in [3.05, 3.63) is 69.7 Å². The van der Waals surface area contributed by atoms with Gasteiger partial charge in [-0.1, -0.05) is 41.4 Å². The monoisotopic (exact) mass is 452 g/mol. The van der Waals surface area contributed by atoms with E-state index in [2.05, 4.69) is 22.4 Å². The fourth-order valence-electron chi connectivity index (χ4n) is 2.29. The number of ether oxygens (including phenoxy) is 1. The van der Waals surface area contributed by atoms with Gasteiger partial charge in [-0.3, -0.25) is 4.79 Å². The molecule has 3 aromatic rings. The van der Waals surface area contributed by atoms with E-state index in [9.17, 15) is 4.79 Å². The highest BCUT2D eigenvalue weighted by Gasteiger charge is 2.08. The molecular weight excluding hydrogens is 435 g/mol. The van der Waals surface area contributed by atoms with Gasteiger partial charge in [0.15, 0.2) is 5.13 Å². The number of hydrogen-bond acceptors (Lipinski definition) is 5. The molecule has 0 aliphatic heterocycles. The lowest BCUT2D eigenvalue weighted by Gasteiger charge is -2.08. The summed E-state index contributed by atoms with van der Waals surface area (Å²) in [6.07, 6.45) is 0.922. The van der Waals surface area contributed by atoms with E-state index >= 15 is 0 Å². The first-order valence-corrected chi connectivity index (χ1v) is 11.2. The Balaban J connectivity index is 1.37. The van der Waals surface area contributed by atoms with Gasteiger partial charge in [-0.15, -0.1) is 23.1 Å². The van der Waals surface area contributed by atoms with Gasteiger partial charge < -0.3 is 10.1 Å². The van der Waals surface area contributed by atoms with Gasteiger partial charge in [0.25, 0.3) is 0 Å². The molecule has 0 bridgehead atoms. The van der Waals surface area contributed by atoms with Gasteiger partial charge in [0.1, 0.15) is 5.75 Å². The molecule has 0 radical (unpaired) electrons. The predicted octanol–water partition coefficient (Wildman–Crippen LogP) is 6.54. The van der Waals surface area contributed by atoms with E-state index in [-0.39, 0.29) is 5.91 Å². The number of nitrogens with zero attached hydrogens (tertiary/aromatic N) is 1. The number of thiazole rings is 1.